The van der Waals surface area contributed by atoms with Gasteiger partial charge in [-0.3, -0.25) is 4.79 Å². The van der Waals surface area contributed by atoms with Gasteiger partial charge in [0.25, 0.3) is 5.91 Å². The lowest BCUT2D eigenvalue weighted by atomic mass is 9.85. The summed E-state index contributed by atoms with van der Waals surface area (Å²) >= 11 is 1.48. The second-order valence-electron chi connectivity index (χ2n) is 8.39. The highest BCUT2D eigenvalue weighted by Crippen LogP contribution is 2.56. The van der Waals surface area contributed by atoms with Crippen molar-refractivity contribution in [3.63, 3.8) is 0 Å². The Bertz CT molecular complexity index is 1070. The third-order valence-corrected chi connectivity index (χ3v) is 7.67. The van der Waals surface area contributed by atoms with Crippen molar-refractivity contribution < 1.29 is 28.7 Å². The third kappa shape index (κ3) is 3.03. The van der Waals surface area contributed by atoms with Crippen LogP contribution in [0.1, 0.15) is 26.5 Å². The Balaban J connectivity index is 1.69. The monoisotopic (exact) mass is 447 g/mol. The number of thioether (sulfide) groups is 1. The second kappa shape index (κ2) is 7.08. The van der Waals surface area contributed by atoms with Crippen LogP contribution in [0.15, 0.2) is 22.7 Å². The number of anilines is 1. The molecule has 2 aromatic rings. The number of ether oxygens (including phenoxy) is 2. The first-order chi connectivity index (χ1) is 14.5. The van der Waals surface area contributed by atoms with Crippen LogP contribution in [0, 0.1) is 6.92 Å². The van der Waals surface area contributed by atoms with Crippen LogP contribution in [0.4, 0.5) is 5.69 Å². The molecule has 0 aliphatic carbocycles. The van der Waals surface area contributed by atoms with Gasteiger partial charge in [-0.1, -0.05) is 5.16 Å². The average Bonchev–Trinajstić information content (AvgIpc) is 3.22. The molecule has 2 aliphatic rings. The minimum atomic E-state index is -0.998. The van der Waals surface area contributed by atoms with Crippen molar-refractivity contribution in [3.05, 3.63) is 24.0 Å². The summed E-state index contributed by atoms with van der Waals surface area (Å²) in [5.74, 6) is 0.391. The molecule has 1 amide bonds. The minimum Gasteiger partial charge on any atom is -0.493 e. The Hall–Kier alpha value is -2.88. The molecule has 2 saturated heterocycles. The maximum Gasteiger partial charge on any atom is 0.327 e. The van der Waals surface area contributed by atoms with Gasteiger partial charge in [0.1, 0.15) is 28.3 Å². The largest absolute Gasteiger partial charge is 0.493 e. The summed E-state index contributed by atoms with van der Waals surface area (Å²) in [6.07, 6.45) is 0. The molecule has 2 aliphatic heterocycles. The molecular formula is C21H25N3O6S. The van der Waals surface area contributed by atoms with Crippen molar-refractivity contribution in [2.75, 3.05) is 19.5 Å². The number of aliphatic carboxylic acids is 1. The second-order valence-corrected chi connectivity index (χ2v) is 10.1. The molecule has 3 heterocycles. The average molecular weight is 448 g/mol. The molecule has 1 aromatic heterocycles. The fourth-order valence-electron chi connectivity index (χ4n) is 4.30. The van der Waals surface area contributed by atoms with Gasteiger partial charge < -0.3 is 29.3 Å². The molecule has 2 N–H and O–H groups in total. The van der Waals surface area contributed by atoms with Crippen LogP contribution in [0.3, 0.4) is 0 Å². The van der Waals surface area contributed by atoms with Crippen LogP contribution in [-0.4, -0.2) is 63.0 Å². The fourth-order valence-corrected chi connectivity index (χ4v) is 5.94. The number of aryl methyl sites for hydroxylation is 1. The lowest BCUT2D eigenvalue weighted by molar-refractivity contribution is -0.163. The number of carbonyl (C=O) groups excluding carboxylic acids is 1. The Labute approximate surface area is 184 Å². The maximum absolute atomic E-state index is 13.1. The Morgan fingerprint density at radius 3 is 2.55 bits per heavy atom. The van der Waals surface area contributed by atoms with E-state index in [1.54, 1.807) is 40.2 Å². The number of hydrogen-bond donors (Lipinski definition) is 2. The summed E-state index contributed by atoms with van der Waals surface area (Å²) in [6.45, 7) is 7.24. The first-order valence-electron chi connectivity index (χ1n) is 9.75. The molecule has 166 valence electrons. The fraction of sp³-hybridized carbons (Fsp3) is 0.476. The van der Waals surface area contributed by atoms with Crippen LogP contribution < -0.4 is 14.8 Å². The van der Waals surface area contributed by atoms with Crippen LogP contribution in [-0.2, 0) is 9.59 Å². The molecule has 0 spiro atoms. The van der Waals surface area contributed by atoms with E-state index in [-0.39, 0.29) is 11.3 Å². The minimum absolute atomic E-state index is 0.262. The smallest absolute Gasteiger partial charge is 0.327 e. The van der Waals surface area contributed by atoms with Crippen molar-refractivity contribution in [1.82, 2.24) is 10.1 Å². The number of methoxy groups -OCH3 is 2. The van der Waals surface area contributed by atoms with E-state index >= 15 is 0 Å². The number of nitrogens with zero attached hydrogens (tertiary/aromatic N) is 2. The van der Waals surface area contributed by atoms with E-state index in [0.717, 1.165) is 5.56 Å². The van der Waals surface area contributed by atoms with Gasteiger partial charge in [-0.05, 0) is 45.9 Å². The first kappa shape index (κ1) is 21.4. The lowest BCUT2D eigenvalue weighted by Gasteiger charge is -2.51. The third-order valence-electron chi connectivity index (χ3n) is 5.92. The topological polar surface area (TPSA) is 114 Å². The molecular weight excluding hydrogens is 422 g/mol. The highest BCUT2D eigenvalue weighted by Gasteiger charge is 2.69. The Morgan fingerprint density at radius 1 is 1.26 bits per heavy atom. The quantitative estimate of drug-likeness (QED) is 0.645. The van der Waals surface area contributed by atoms with E-state index in [1.165, 1.54) is 16.7 Å². The Morgan fingerprint density at radius 2 is 1.94 bits per heavy atom. The molecule has 0 bridgehead atoms. The van der Waals surface area contributed by atoms with E-state index in [9.17, 15) is 14.7 Å². The van der Waals surface area contributed by atoms with E-state index in [0.29, 0.717) is 28.6 Å². The van der Waals surface area contributed by atoms with E-state index in [1.807, 2.05) is 19.9 Å². The number of benzene rings is 1. The van der Waals surface area contributed by atoms with Crippen LogP contribution >= 0.6 is 11.8 Å². The van der Waals surface area contributed by atoms with Gasteiger partial charge in [0.05, 0.1) is 14.2 Å². The number of amides is 1. The summed E-state index contributed by atoms with van der Waals surface area (Å²) in [6, 6.07) is 4.51. The number of carboxylic acid groups (broad SMARTS) is 1. The summed E-state index contributed by atoms with van der Waals surface area (Å²) in [7, 11) is 3.11. The zero-order chi connectivity index (χ0) is 22.7. The molecule has 9 nitrogen and oxygen atoms in total. The number of carbonyl (C=O) groups is 2. The molecule has 1 unspecified atom stereocenters. The standard InChI is InChI=1S/C21H25N3O6S/c1-10-14(15(23-30-10)11-7-8-12(28-5)13(9-11)29-6)22-21(4)18(27)24-16(17(25)26)20(2,3)31-19(21)24/h7-9,16,19,22H,1-6H3,(H,25,26)/t16-,19+,21?/m0/s1. The van der Waals surface area contributed by atoms with Gasteiger partial charge in [-0.25, -0.2) is 4.79 Å². The molecule has 2 fully saturated rings. The van der Waals surface area contributed by atoms with Gasteiger partial charge in [0.15, 0.2) is 17.3 Å². The highest BCUT2D eigenvalue weighted by atomic mass is 32.2. The van der Waals surface area contributed by atoms with Crippen molar-refractivity contribution in [1.29, 1.82) is 0 Å². The van der Waals surface area contributed by atoms with Crippen molar-refractivity contribution in [3.8, 4) is 22.8 Å². The van der Waals surface area contributed by atoms with Crippen molar-refractivity contribution in [2.45, 2.75) is 49.4 Å². The zero-order valence-electron chi connectivity index (χ0n) is 18.2. The zero-order valence-corrected chi connectivity index (χ0v) is 19.0. The molecule has 3 atom stereocenters. The highest BCUT2D eigenvalue weighted by molar-refractivity contribution is 8.01. The first-order valence-corrected chi connectivity index (χ1v) is 10.6. The summed E-state index contributed by atoms with van der Waals surface area (Å²) in [5.41, 5.74) is 0.850. The van der Waals surface area contributed by atoms with Gasteiger partial charge in [0, 0.05) is 10.3 Å². The predicted octanol–water partition coefficient (Wildman–Crippen LogP) is 2.98. The molecule has 10 heteroatoms. The van der Waals surface area contributed by atoms with Gasteiger partial charge in [0.2, 0.25) is 0 Å². The van der Waals surface area contributed by atoms with E-state index in [2.05, 4.69) is 10.5 Å². The number of aromatic nitrogens is 1. The van der Waals surface area contributed by atoms with E-state index < -0.39 is 22.3 Å². The summed E-state index contributed by atoms with van der Waals surface area (Å²) in [4.78, 5) is 26.4. The van der Waals surface area contributed by atoms with Crippen LogP contribution in [0.5, 0.6) is 11.5 Å². The number of nitrogens with one attached hydrogen (secondary N) is 1. The number of fused-ring (bicyclic) bond motifs is 1. The number of β-lactam (4-membered cyclic amide) rings is 1. The molecule has 0 saturated carbocycles. The molecule has 4 rings (SSSR count). The Kier molecular flexibility index (Phi) is 4.88. The van der Waals surface area contributed by atoms with Crippen molar-refractivity contribution >= 4 is 29.3 Å². The number of carboxylic acids is 1. The van der Waals surface area contributed by atoms with E-state index in [4.69, 9.17) is 14.0 Å². The molecule has 0 radical (unpaired) electrons. The van der Waals surface area contributed by atoms with Gasteiger partial charge >= 0.3 is 5.97 Å². The summed E-state index contributed by atoms with van der Waals surface area (Å²) < 4.78 is 15.5. The normalized spacial score (nSPS) is 26.3. The lowest BCUT2D eigenvalue weighted by Crippen LogP contribution is -2.75. The van der Waals surface area contributed by atoms with Crippen molar-refractivity contribution in [2.24, 2.45) is 0 Å². The molecule has 1 aromatic carbocycles. The number of rotatable bonds is 6. The molecule has 31 heavy (non-hydrogen) atoms. The SMILES string of the molecule is COc1ccc(-c2noc(C)c2NC2(C)C(=O)N3[C@@H](C(=O)O)C(C)(C)S[C@@H]32)cc1OC. The van der Waals surface area contributed by atoms with Gasteiger partial charge in [-0.15, -0.1) is 11.8 Å². The number of hydrogen-bond acceptors (Lipinski definition) is 8. The van der Waals surface area contributed by atoms with Crippen LogP contribution in [0.25, 0.3) is 11.3 Å². The maximum atomic E-state index is 13.1. The summed E-state index contributed by atoms with van der Waals surface area (Å²) in [5, 5.41) is 16.8. The predicted molar refractivity (Wildman–Crippen MR) is 116 cm³/mol. The van der Waals surface area contributed by atoms with Gasteiger partial charge in [-0.2, -0.15) is 0 Å². The van der Waals surface area contributed by atoms with Crippen LogP contribution in [0.2, 0.25) is 0 Å².